The number of carbonyl (C=O) groups excluding carboxylic acids is 1. The molecule has 0 aliphatic heterocycles. The smallest absolute Gasteiger partial charge is 0.319 e. The Balaban J connectivity index is 1.91. The van der Waals surface area contributed by atoms with Crippen LogP contribution in [-0.4, -0.2) is 12.1 Å². The Hall–Kier alpha value is -1.71. The highest BCUT2D eigenvalue weighted by atomic mass is 16.2. The van der Waals surface area contributed by atoms with Crippen molar-refractivity contribution in [2.24, 2.45) is 11.8 Å². The second kappa shape index (κ2) is 6.64. The summed E-state index contributed by atoms with van der Waals surface area (Å²) in [4.78, 5) is 12.1. The normalized spacial score (nSPS) is 22.6. The molecule has 1 aromatic rings. The zero-order valence-corrected chi connectivity index (χ0v) is 12.4. The molecule has 1 aromatic carbocycles. The first-order valence-electron chi connectivity index (χ1n) is 7.49. The van der Waals surface area contributed by atoms with Crippen molar-refractivity contribution in [3.8, 4) is 0 Å². The Morgan fingerprint density at radius 3 is 2.50 bits per heavy atom. The summed E-state index contributed by atoms with van der Waals surface area (Å²) in [5.41, 5.74) is 7.10. The van der Waals surface area contributed by atoms with Gasteiger partial charge in [0.1, 0.15) is 0 Å². The van der Waals surface area contributed by atoms with Crippen molar-refractivity contribution in [1.82, 2.24) is 5.32 Å². The van der Waals surface area contributed by atoms with E-state index in [1.807, 2.05) is 12.1 Å². The number of benzene rings is 1. The maximum atomic E-state index is 12.1. The zero-order valence-electron chi connectivity index (χ0n) is 12.4. The van der Waals surface area contributed by atoms with E-state index < -0.39 is 0 Å². The van der Waals surface area contributed by atoms with Crippen LogP contribution in [0.5, 0.6) is 0 Å². The van der Waals surface area contributed by atoms with E-state index in [4.69, 9.17) is 5.73 Å². The first-order chi connectivity index (χ1) is 9.56. The van der Waals surface area contributed by atoms with Gasteiger partial charge in [-0.1, -0.05) is 26.7 Å². The molecule has 110 valence electrons. The molecule has 1 aliphatic rings. The zero-order chi connectivity index (χ0) is 14.5. The molecular weight excluding hydrogens is 250 g/mol. The van der Waals surface area contributed by atoms with Crippen LogP contribution in [0.15, 0.2) is 24.3 Å². The molecular formula is C16H25N3O. The fraction of sp³-hybridized carbons (Fsp3) is 0.562. The van der Waals surface area contributed by atoms with Crippen LogP contribution in [0, 0.1) is 11.8 Å². The van der Waals surface area contributed by atoms with Gasteiger partial charge in [0.05, 0.1) is 0 Å². The minimum atomic E-state index is -0.118. The summed E-state index contributed by atoms with van der Waals surface area (Å²) in [6, 6.07) is 7.37. The number of anilines is 2. The fourth-order valence-corrected chi connectivity index (χ4v) is 3.04. The molecule has 0 aromatic heterocycles. The van der Waals surface area contributed by atoms with Gasteiger partial charge in [0.15, 0.2) is 0 Å². The second-order valence-electron chi connectivity index (χ2n) is 6.02. The van der Waals surface area contributed by atoms with E-state index in [0.29, 0.717) is 17.5 Å². The molecule has 1 aliphatic carbocycles. The molecule has 0 bridgehead atoms. The lowest BCUT2D eigenvalue weighted by Crippen LogP contribution is -2.45. The number of nitrogens with one attached hydrogen (secondary N) is 2. The summed E-state index contributed by atoms with van der Waals surface area (Å²) in [5.74, 6) is 1.19. The number of rotatable bonds is 3. The Bertz CT molecular complexity index is 442. The number of hydrogen-bond acceptors (Lipinski definition) is 2. The average molecular weight is 275 g/mol. The minimum absolute atomic E-state index is 0.118. The van der Waals surface area contributed by atoms with Crippen LogP contribution in [-0.2, 0) is 0 Å². The quantitative estimate of drug-likeness (QED) is 0.738. The van der Waals surface area contributed by atoms with Gasteiger partial charge in [0.2, 0.25) is 0 Å². The first-order valence-corrected chi connectivity index (χ1v) is 7.49. The van der Waals surface area contributed by atoms with Gasteiger partial charge in [0, 0.05) is 17.4 Å². The molecule has 0 heterocycles. The standard InChI is InChI=1S/C16H25N3O/c1-11(2)14-5-3-4-6-15(14)19-16(20)18-13-9-7-12(17)8-10-13/h7-11,14-15H,3-6,17H2,1-2H3,(H2,18,19,20). The number of urea groups is 1. The van der Waals surface area contributed by atoms with Gasteiger partial charge in [-0.05, 0) is 48.9 Å². The van der Waals surface area contributed by atoms with E-state index in [1.54, 1.807) is 12.1 Å². The number of nitrogens with two attached hydrogens (primary N) is 1. The van der Waals surface area contributed by atoms with E-state index in [2.05, 4.69) is 24.5 Å². The molecule has 2 amide bonds. The molecule has 2 rings (SSSR count). The Morgan fingerprint density at radius 2 is 1.85 bits per heavy atom. The van der Waals surface area contributed by atoms with Crippen molar-refractivity contribution >= 4 is 17.4 Å². The Kier molecular flexibility index (Phi) is 4.88. The number of nitrogen functional groups attached to an aromatic ring is 1. The van der Waals surface area contributed by atoms with Crippen LogP contribution in [0.4, 0.5) is 16.2 Å². The predicted octanol–water partition coefficient (Wildman–Crippen LogP) is 3.61. The summed E-state index contributed by atoms with van der Waals surface area (Å²) in [7, 11) is 0. The van der Waals surface area contributed by atoms with Gasteiger partial charge < -0.3 is 16.4 Å². The number of amides is 2. The summed E-state index contributed by atoms with van der Waals surface area (Å²) in [6.07, 6.45) is 4.78. The molecule has 1 saturated carbocycles. The molecule has 4 heteroatoms. The molecule has 20 heavy (non-hydrogen) atoms. The molecule has 4 N–H and O–H groups in total. The van der Waals surface area contributed by atoms with Gasteiger partial charge in [0.25, 0.3) is 0 Å². The predicted molar refractivity (Wildman–Crippen MR) is 83.6 cm³/mol. The number of carbonyl (C=O) groups is 1. The third-order valence-corrected chi connectivity index (χ3v) is 4.16. The van der Waals surface area contributed by atoms with Crippen molar-refractivity contribution < 1.29 is 4.79 Å². The van der Waals surface area contributed by atoms with Crippen LogP contribution in [0.25, 0.3) is 0 Å². The molecule has 0 saturated heterocycles. The van der Waals surface area contributed by atoms with Gasteiger partial charge in [-0.3, -0.25) is 0 Å². The SMILES string of the molecule is CC(C)C1CCCCC1NC(=O)Nc1ccc(N)cc1. The third kappa shape index (κ3) is 3.89. The van der Waals surface area contributed by atoms with Gasteiger partial charge >= 0.3 is 6.03 Å². The maximum Gasteiger partial charge on any atom is 0.319 e. The van der Waals surface area contributed by atoms with Crippen LogP contribution in [0.3, 0.4) is 0 Å². The maximum absolute atomic E-state index is 12.1. The van der Waals surface area contributed by atoms with Gasteiger partial charge in [-0.2, -0.15) is 0 Å². The van der Waals surface area contributed by atoms with Crippen molar-refractivity contribution in [3.05, 3.63) is 24.3 Å². The third-order valence-electron chi connectivity index (χ3n) is 4.16. The van der Waals surface area contributed by atoms with Crippen LogP contribution < -0.4 is 16.4 Å². The van der Waals surface area contributed by atoms with Crippen molar-refractivity contribution in [1.29, 1.82) is 0 Å². The summed E-state index contributed by atoms with van der Waals surface area (Å²) < 4.78 is 0. The van der Waals surface area contributed by atoms with E-state index in [-0.39, 0.29) is 12.1 Å². The Labute approximate surface area is 121 Å². The number of hydrogen-bond donors (Lipinski definition) is 3. The van der Waals surface area contributed by atoms with Crippen molar-refractivity contribution in [2.75, 3.05) is 11.1 Å². The van der Waals surface area contributed by atoms with E-state index >= 15 is 0 Å². The largest absolute Gasteiger partial charge is 0.399 e. The summed E-state index contributed by atoms with van der Waals surface area (Å²) >= 11 is 0. The second-order valence-corrected chi connectivity index (χ2v) is 6.02. The topological polar surface area (TPSA) is 67.2 Å². The summed E-state index contributed by atoms with van der Waals surface area (Å²) in [5, 5.41) is 6.00. The monoisotopic (exact) mass is 275 g/mol. The minimum Gasteiger partial charge on any atom is -0.399 e. The first kappa shape index (κ1) is 14.7. The lowest BCUT2D eigenvalue weighted by Gasteiger charge is -2.34. The van der Waals surface area contributed by atoms with Gasteiger partial charge in [-0.25, -0.2) is 4.79 Å². The van der Waals surface area contributed by atoms with Crippen LogP contribution >= 0.6 is 0 Å². The van der Waals surface area contributed by atoms with Crippen LogP contribution in [0.1, 0.15) is 39.5 Å². The molecule has 1 fully saturated rings. The lowest BCUT2D eigenvalue weighted by molar-refractivity contribution is 0.200. The molecule has 2 unspecified atom stereocenters. The van der Waals surface area contributed by atoms with Crippen molar-refractivity contribution in [3.63, 3.8) is 0 Å². The molecule has 4 nitrogen and oxygen atoms in total. The molecule has 0 radical (unpaired) electrons. The summed E-state index contributed by atoms with van der Waals surface area (Å²) in [6.45, 7) is 4.48. The fourth-order valence-electron chi connectivity index (χ4n) is 3.04. The highest BCUT2D eigenvalue weighted by molar-refractivity contribution is 5.89. The molecule has 2 atom stereocenters. The Morgan fingerprint density at radius 1 is 1.20 bits per heavy atom. The average Bonchev–Trinajstić information content (AvgIpc) is 2.41. The lowest BCUT2D eigenvalue weighted by atomic mass is 9.78. The highest BCUT2D eigenvalue weighted by Gasteiger charge is 2.28. The van der Waals surface area contributed by atoms with Crippen LogP contribution in [0.2, 0.25) is 0 Å². The van der Waals surface area contributed by atoms with E-state index in [1.165, 1.54) is 19.3 Å². The van der Waals surface area contributed by atoms with E-state index in [9.17, 15) is 4.79 Å². The molecule has 0 spiro atoms. The van der Waals surface area contributed by atoms with E-state index in [0.717, 1.165) is 12.1 Å². The van der Waals surface area contributed by atoms with Crippen molar-refractivity contribution in [2.45, 2.75) is 45.6 Å². The highest BCUT2D eigenvalue weighted by Crippen LogP contribution is 2.30. The van der Waals surface area contributed by atoms with Gasteiger partial charge in [-0.15, -0.1) is 0 Å².